The van der Waals surface area contributed by atoms with Crippen LogP contribution in [0.1, 0.15) is 46.5 Å². The van der Waals surface area contributed by atoms with E-state index in [1.54, 1.807) is 0 Å². The van der Waals surface area contributed by atoms with Crippen molar-refractivity contribution in [1.82, 2.24) is 10.6 Å². The van der Waals surface area contributed by atoms with Gasteiger partial charge in [-0.25, -0.2) is 0 Å². The summed E-state index contributed by atoms with van der Waals surface area (Å²) < 4.78 is 11.3. The molecule has 23 heavy (non-hydrogen) atoms. The van der Waals surface area contributed by atoms with Crippen LogP contribution in [-0.4, -0.2) is 62.5 Å². The molecule has 1 aliphatic heterocycles. The van der Waals surface area contributed by atoms with Crippen LogP contribution in [-0.2, 0) is 9.47 Å². The summed E-state index contributed by atoms with van der Waals surface area (Å²) >= 11 is 2.05. The second-order valence-corrected chi connectivity index (χ2v) is 7.78. The molecule has 0 spiro atoms. The molecule has 1 heterocycles. The van der Waals surface area contributed by atoms with Crippen LogP contribution in [0.25, 0.3) is 0 Å². The van der Waals surface area contributed by atoms with Crippen molar-refractivity contribution in [3.8, 4) is 0 Å². The molecule has 5 nitrogen and oxygen atoms in total. The highest BCUT2D eigenvalue weighted by Gasteiger charge is 2.29. The summed E-state index contributed by atoms with van der Waals surface area (Å²) in [5, 5.41) is 6.64. The fourth-order valence-electron chi connectivity index (χ4n) is 2.36. The highest BCUT2D eigenvalue weighted by molar-refractivity contribution is 8.00. The number of ether oxygens (including phenoxy) is 2. The van der Waals surface area contributed by atoms with Gasteiger partial charge in [0.25, 0.3) is 0 Å². The molecule has 0 aromatic heterocycles. The van der Waals surface area contributed by atoms with Crippen LogP contribution in [0.5, 0.6) is 0 Å². The topological polar surface area (TPSA) is 54.9 Å². The standard InChI is InChI=1S/C17H35N3O2S/c1-4-6-10-21-12-13-22-11-9-19-16(18-5-2)20-15-17(3)8-7-14-23-17/h4-15H2,1-3H3,(H2,18,19,20). The molecule has 1 unspecified atom stereocenters. The van der Waals surface area contributed by atoms with Crippen molar-refractivity contribution in [3.05, 3.63) is 0 Å². The number of unbranched alkanes of at least 4 members (excludes halogenated alkanes) is 1. The van der Waals surface area contributed by atoms with E-state index in [0.717, 1.165) is 38.6 Å². The van der Waals surface area contributed by atoms with Crippen molar-refractivity contribution >= 4 is 17.7 Å². The molecule has 1 fully saturated rings. The van der Waals surface area contributed by atoms with E-state index in [4.69, 9.17) is 14.5 Å². The van der Waals surface area contributed by atoms with Crippen molar-refractivity contribution in [2.75, 3.05) is 51.8 Å². The van der Waals surface area contributed by atoms with Crippen molar-refractivity contribution in [2.24, 2.45) is 4.99 Å². The van der Waals surface area contributed by atoms with E-state index in [-0.39, 0.29) is 0 Å². The largest absolute Gasteiger partial charge is 0.379 e. The first-order valence-electron chi connectivity index (χ1n) is 9.02. The lowest BCUT2D eigenvalue weighted by atomic mass is 10.1. The minimum absolute atomic E-state index is 0.314. The van der Waals surface area contributed by atoms with Crippen LogP contribution in [0.15, 0.2) is 4.99 Å². The van der Waals surface area contributed by atoms with Crippen molar-refractivity contribution in [1.29, 1.82) is 0 Å². The summed E-state index contributed by atoms with van der Waals surface area (Å²) in [6, 6.07) is 0. The molecule has 1 aliphatic rings. The fraction of sp³-hybridized carbons (Fsp3) is 0.941. The molecule has 0 saturated carbocycles. The van der Waals surface area contributed by atoms with Crippen LogP contribution in [0.2, 0.25) is 0 Å². The Bertz CT molecular complexity index is 321. The van der Waals surface area contributed by atoms with Crippen LogP contribution < -0.4 is 10.6 Å². The lowest BCUT2D eigenvalue weighted by Crippen LogP contribution is -2.40. The number of thioether (sulfide) groups is 1. The first-order chi connectivity index (χ1) is 11.2. The van der Waals surface area contributed by atoms with E-state index in [0.29, 0.717) is 24.6 Å². The Morgan fingerprint density at radius 2 is 1.91 bits per heavy atom. The molecule has 1 atom stereocenters. The minimum atomic E-state index is 0.314. The Hall–Kier alpha value is -0.460. The third-order valence-corrected chi connectivity index (χ3v) is 5.29. The maximum Gasteiger partial charge on any atom is 0.191 e. The van der Waals surface area contributed by atoms with E-state index < -0.39 is 0 Å². The maximum absolute atomic E-state index is 5.57. The van der Waals surface area contributed by atoms with Gasteiger partial charge in [0.05, 0.1) is 26.4 Å². The Morgan fingerprint density at radius 1 is 1.13 bits per heavy atom. The normalized spacial score (nSPS) is 21.6. The van der Waals surface area contributed by atoms with Gasteiger partial charge < -0.3 is 20.1 Å². The zero-order valence-corrected chi connectivity index (χ0v) is 16.0. The molecule has 6 heteroatoms. The Morgan fingerprint density at radius 3 is 2.57 bits per heavy atom. The SMILES string of the molecule is CCCCOCCOCCNC(=NCC1(C)CCCS1)NCC. The summed E-state index contributed by atoms with van der Waals surface area (Å²) in [6.07, 6.45) is 4.88. The van der Waals surface area contributed by atoms with Crippen LogP contribution in [0.3, 0.4) is 0 Å². The first kappa shape index (κ1) is 20.6. The van der Waals surface area contributed by atoms with Crippen LogP contribution >= 0.6 is 11.8 Å². The Balaban J connectivity index is 2.10. The highest BCUT2D eigenvalue weighted by Crippen LogP contribution is 2.37. The molecule has 0 radical (unpaired) electrons. The molecule has 2 N–H and O–H groups in total. The molecular formula is C17H35N3O2S. The highest BCUT2D eigenvalue weighted by atomic mass is 32.2. The average Bonchev–Trinajstić information content (AvgIpc) is 2.98. The molecule has 1 rings (SSSR count). The Kier molecular flexibility index (Phi) is 11.5. The number of hydrogen-bond donors (Lipinski definition) is 2. The summed E-state index contributed by atoms with van der Waals surface area (Å²) in [5.41, 5.74) is 0. The van der Waals surface area contributed by atoms with Crippen molar-refractivity contribution < 1.29 is 9.47 Å². The molecule has 136 valence electrons. The molecular weight excluding hydrogens is 310 g/mol. The summed E-state index contributed by atoms with van der Waals surface area (Å²) in [7, 11) is 0. The zero-order chi connectivity index (χ0) is 16.8. The van der Waals surface area contributed by atoms with Gasteiger partial charge in [0.15, 0.2) is 5.96 Å². The molecule has 0 bridgehead atoms. The van der Waals surface area contributed by atoms with Gasteiger partial charge in [-0.1, -0.05) is 13.3 Å². The molecule has 1 saturated heterocycles. The van der Waals surface area contributed by atoms with E-state index in [9.17, 15) is 0 Å². The van der Waals surface area contributed by atoms with Gasteiger partial charge >= 0.3 is 0 Å². The Labute approximate surface area is 146 Å². The molecule has 0 amide bonds. The predicted octanol–water partition coefficient (Wildman–Crippen LogP) is 2.66. The lowest BCUT2D eigenvalue weighted by molar-refractivity contribution is 0.0487. The summed E-state index contributed by atoms with van der Waals surface area (Å²) in [6.45, 7) is 12.0. The summed E-state index contributed by atoms with van der Waals surface area (Å²) in [4.78, 5) is 4.73. The fourth-order valence-corrected chi connectivity index (χ4v) is 3.59. The third kappa shape index (κ3) is 10.1. The zero-order valence-electron chi connectivity index (χ0n) is 15.2. The predicted molar refractivity (Wildman–Crippen MR) is 101 cm³/mol. The van der Waals surface area contributed by atoms with Gasteiger partial charge in [-0.15, -0.1) is 0 Å². The smallest absolute Gasteiger partial charge is 0.191 e. The number of guanidine groups is 1. The number of aliphatic imine (C=N–C) groups is 1. The van der Waals surface area contributed by atoms with Crippen molar-refractivity contribution in [2.45, 2.75) is 51.2 Å². The van der Waals surface area contributed by atoms with Crippen LogP contribution in [0.4, 0.5) is 0 Å². The minimum Gasteiger partial charge on any atom is -0.379 e. The third-order valence-electron chi connectivity index (χ3n) is 3.77. The van der Waals surface area contributed by atoms with Gasteiger partial charge in [0, 0.05) is 24.4 Å². The number of nitrogens with zero attached hydrogens (tertiary/aromatic N) is 1. The second kappa shape index (κ2) is 12.9. The molecule has 0 aliphatic carbocycles. The van der Waals surface area contributed by atoms with Gasteiger partial charge in [-0.3, -0.25) is 4.99 Å². The second-order valence-electron chi connectivity index (χ2n) is 6.10. The van der Waals surface area contributed by atoms with E-state index >= 15 is 0 Å². The lowest BCUT2D eigenvalue weighted by Gasteiger charge is -2.21. The molecule has 0 aromatic carbocycles. The van der Waals surface area contributed by atoms with Gasteiger partial charge in [-0.2, -0.15) is 11.8 Å². The average molecular weight is 346 g/mol. The molecule has 0 aromatic rings. The van der Waals surface area contributed by atoms with Crippen molar-refractivity contribution in [3.63, 3.8) is 0 Å². The van der Waals surface area contributed by atoms with Crippen LogP contribution in [0, 0.1) is 0 Å². The first-order valence-corrected chi connectivity index (χ1v) is 10.0. The number of nitrogens with one attached hydrogen (secondary N) is 2. The van der Waals surface area contributed by atoms with Gasteiger partial charge in [0.1, 0.15) is 0 Å². The van der Waals surface area contributed by atoms with Gasteiger partial charge in [0.2, 0.25) is 0 Å². The van der Waals surface area contributed by atoms with Gasteiger partial charge in [-0.05, 0) is 38.9 Å². The summed E-state index contributed by atoms with van der Waals surface area (Å²) in [5.74, 6) is 2.16. The van der Waals surface area contributed by atoms with E-state index in [1.165, 1.54) is 25.0 Å². The van der Waals surface area contributed by atoms with E-state index in [1.807, 2.05) is 11.8 Å². The van der Waals surface area contributed by atoms with E-state index in [2.05, 4.69) is 31.4 Å². The maximum atomic E-state index is 5.57. The number of hydrogen-bond acceptors (Lipinski definition) is 4. The monoisotopic (exact) mass is 345 g/mol. The number of rotatable bonds is 12. The quantitative estimate of drug-likeness (QED) is 0.323.